The lowest BCUT2D eigenvalue weighted by Crippen LogP contribution is -2.28. The number of amides is 1. The molecule has 0 bridgehead atoms. The van der Waals surface area contributed by atoms with Gasteiger partial charge in [0.1, 0.15) is 6.10 Å². The van der Waals surface area contributed by atoms with Gasteiger partial charge in [0.15, 0.2) is 0 Å². The van der Waals surface area contributed by atoms with Crippen LogP contribution in [0.2, 0.25) is 0 Å². The van der Waals surface area contributed by atoms with Crippen molar-refractivity contribution in [3.8, 4) is 0 Å². The van der Waals surface area contributed by atoms with Gasteiger partial charge in [-0.3, -0.25) is 4.79 Å². The van der Waals surface area contributed by atoms with Crippen LogP contribution in [0.1, 0.15) is 38.3 Å². The zero-order valence-corrected chi connectivity index (χ0v) is 13.5. The smallest absolute Gasteiger partial charge is 0.369 e. The van der Waals surface area contributed by atoms with Gasteiger partial charge in [0, 0.05) is 18.8 Å². The molecule has 1 amide bonds. The predicted octanol–water partition coefficient (Wildman–Crippen LogP) is 3.55. The Kier molecular flexibility index (Phi) is 7.02. The van der Waals surface area contributed by atoms with Crippen molar-refractivity contribution in [1.29, 1.82) is 0 Å². The van der Waals surface area contributed by atoms with E-state index in [1.807, 2.05) is 13.8 Å². The third-order valence-electron chi connectivity index (χ3n) is 3.26. The van der Waals surface area contributed by atoms with E-state index in [1.54, 1.807) is 6.92 Å². The summed E-state index contributed by atoms with van der Waals surface area (Å²) in [6.45, 7) is 6.00. The van der Waals surface area contributed by atoms with Crippen molar-refractivity contribution >= 4 is 11.6 Å². The Labute approximate surface area is 134 Å². The van der Waals surface area contributed by atoms with Gasteiger partial charge in [-0.15, -0.1) is 0 Å². The molecule has 0 fully saturated rings. The number of nitrogens with one attached hydrogen (secondary N) is 1. The summed E-state index contributed by atoms with van der Waals surface area (Å²) >= 11 is 0. The number of benzene rings is 1. The molecule has 0 aromatic heterocycles. The Morgan fingerprint density at radius 3 is 2.43 bits per heavy atom. The Bertz CT molecular complexity index is 531. The van der Waals surface area contributed by atoms with Crippen LogP contribution in [0.25, 0.3) is 0 Å². The molecule has 0 saturated carbocycles. The Morgan fingerprint density at radius 1 is 1.26 bits per heavy atom. The fourth-order valence-electron chi connectivity index (χ4n) is 1.85. The van der Waals surface area contributed by atoms with Crippen molar-refractivity contribution < 1.29 is 22.7 Å². The first-order valence-corrected chi connectivity index (χ1v) is 7.47. The molecule has 1 rings (SSSR count). The van der Waals surface area contributed by atoms with Crippen LogP contribution in [0.4, 0.5) is 18.9 Å². The minimum absolute atomic E-state index is 0.0484. The van der Waals surface area contributed by atoms with Gasteiger partial charge in [-0.25, -0.2) is 0 Å². The number of halogens is 3. The van der Waals surface area contributed by atoms with Crippen molar-refractivity contribution in [2.24, 2.45) is 11.7 Å². The average molecular weight is 332 g/mol. The fourth-order valence-corrected chi connectivity index (χ4v) is 1.85. The molecule has 0 aliphatic carbocycles. The molecule has 7 heteroatoms. The lowest BCUT2D eigenvalue weighted by Gasteiger charge is -2.16. The fraction of sp³-hybridized carbons (Fsp3) is 0.562. The van der Waals surface area contributed by atoms with Crippen LogP contribution >= 0.6 is 0 Å². The quantitative estimate of drug-likeness (QED) is 0.802. The van der Waals surface area contributed by atoms with Crippen molar-refractivity contribution in [3.05, 3.63) is 29.3 Å². The molecule has 3 N–H and O–H groups in total. The monoisotopic (exact) mass is 332 g/mol. The number of anilines is 1. The van der Waals surface area contributed by atoms with Gasteiger partial charge in [-0.2, -0.15) is 13.2 Å². The van der Waals surface area contributed by atoms with E-state index in [2.05, 4.69) is 5.32 Å². The lowest BCUT2D eigenvalue weighted by atomic mass is 10.1. The standard InChI is InChI=1S/C16H23F3N2O2/c1-10(2)4-5-23-11(3)15(22)21-14-7-12(9-20)6-13(8-14)16(17,18)19/h6-8,10-11H,4-5,9,20H2,1-3H3,(H,21,22). The maximum atomic E-state index is 12.8. The maximum absolute atomic E-state index is 12.8. The molecule has 4 nitrogen and oxygen atoms in total. The third-order valence-corrected chi connectivity index (χ3v) is 3.26. The highest BCUT2D eigenvalue weighted by molar-refractivity contribution is 5.94. The van der Waals surface area contributed by atoms with E-state index in [-0.39, 0.29) is 12.2 Å². The van der Waals surface area contributed by atoms with Crippen LogP contribution < -0.4 is 11.1 Å². The molecule has 1 aromatic carbocycles. The summed E-state index contributed by atoms with van der Waals surface area (Å²) < 4.78 is 43.9. The van der Waals surface area contributed by atoms with E-state index < -0.39 is 23.8 Å². The third kappa shape index (κ3) is 6.58. The first-order valence-electron chi connectivity index (χ1n) is 7.47. The van der Waals surface area contributed by atoms with Gasteiger partial charge in [0.25, 0.3) is 5.91 Å². The van der Waals surface area contributed by atoms with Crippen molar-refractivity contribution in [1.82, 2.24) is 0 Å². The maximum Gasteiger partial charge on any atom is 0.416 e. The number of rotatable bonds is 7. The van der Waals surface area contributed by atoms with Crippen molar-refractivity contribution in [3.63, 3.8) is 0 Å². The van der Waals surface area contributed by atoms with Crippen LogP contribution in [-0.2, 0) is 22.3 Å². The van der Waals surface area contributed by atoms with Gasteiger partial charge in [0.2, 0.25) is 0 Å². The minimum Gasteiger partial charge on any atom is -0.369 e. The summed E-state index contributed by atoms with van der Waals surface area (Å²) in [5.41, 5.74) is 4.92. The molecule has 0 heterocycles. The van der Waals surface area contributed by atoms with E-state index in [9.17, 15) is 18.0 Å². The number of ether oxygens (including phenoxy) is 1. The molecule has 0 radical (unpaired) electrons. The number of carbonyl (C=O) groups excluding carboxylic acids is 1. The molecule has 0 saturated heterocycles. The molecule has 0 spiro atoms. The van der Waals surface area contributed by atoms with Gasteiger partial charge in [0.05, 0.1) is 5.56 Å². The average Bonchev–Trinajstić information content (AvgIpc) is 2.45. The summed E-state index contributed by atoms with van der Waals surface area (Å²) in [4.78, 5) is 12.0. The zero-order valence-electron chi connectivity index (χ0n) is 13.5. The summed E-state index contributed by atoms with van der Waals surface area (Å²) in [6, 6.07) is 3.28. The van der Waals surface area contributed by atoms with E-state index >= 15 is 0 Å². The van der Waals surface area contributed by atoms with E-state index in [0.29, 0.717) is 18.1 Å². The highest BCUT2D eigenvalue weighted by Crippen LogP contribution is 2.32. The van der Waals surface area contributed by atoms with Crippen LogP contribution in [0, 0.1) is 5.92 Å². The second kappa shape index (κ2) is 8.31. The van der Waals surface area contributed by atoms with Gasteiger partial charge in [-0.05, 0) is 43.0 Å². The molecule has 1 aromatic rings. The first-order chi connectivity index (χ1) is 10.6. The van der Waals surface area contributed by atoms with Crippen LogP contribution in [0.3, 0.4) is 0 Å². The SMILES string of the molecule is CC(C)CCOC(C)C(=O)Nc1cc(CN)cc(C(F)(F)F)c1. The molecule has 1 atom stereocenters. The van der Waals surface area contributed by atoms with E-state index in [0.717, 1.165) is 18.6 Å². The number of hydrogen-bond donors (Lipinski definition) is 2. The molecular weight excluding hydrogens is 309 g/mol. The zero-order chi connectivity index (χ0) is 17.6. The van der Waals surface area contributed by atoms with Gasteiger partial charge in [-0.1, -0.05) is 13.8 Å². The summed E-state index contributed by atoms with van der Waals surface area (Å²) in [6.07, 6.45) is -4.44. The van der Waals surface area contributed by atoms with Gasteiger partial charge < -0.3 is 15.8 Å². The highest BCUT2D eigenvalue weighted by atomic mass is 19.4. The first kappa shape index (κ1) is 19.4. The van der Waals surface area contributed by atoms with Gasteiger partial charge >= 0.3 is 6.18 Å². The van der Waals surface area contributed by atoms with Crippen LogP contribution in [0.15, 0.2) is 18.2 Å². The van der Waals surface area contributed by atoms with E-state index in [4.69, 9.17) is 10.5 Å². The number of carbonyl (C=O) groups is 1. The number of nitrogens with two attached hydrogens (primary N) is 1. The normalized spacial score (nSPS) is 13.2. The summed E-state index contributed by atoms with van der Waals surface area (Å²) in [5, 5.41) is 2.45. The van der Waals surface area contributed by atoms with Crippen LogP contribution in [-0.4, -0.2) is 18.6 Å². The van der Waals surface area contributed by atoms with Crippen LogP contribution in [0.5, 0.6) is 0 Å². The molecule has 23 heavy (non-hydrogen) atoms. The topological polar surface area (TPSA) is 64.3 Å². The molecule has 130 valence electrons. The highest BCUT2D eigenvalue weighted by Gasteiger charge is 2.31. The lowest BCUT2D eigenvalue weighted by molar-refractivity contribution is -0.137. The number of alkyl halides is 3. The second-order valence-electron chi connectivity index (χ2n) is 5.81. The molecule has 1 unspecified atom stereocenters. The number of hydrogen-bond acceptors (Lipinski definition) is 3. The van der Waals surface area contributed by atoms with Crippen molar-refractivity contribution in [2.75, 3.05) is 11.9 Å². The van der Waals surface area contributed by atoms with E-state index in [1.165, 1.54) is 6.07 Å². The Hall–Kier alpha value is -1.60. The summed E-state index contributed by atoms with van der Waals surface area (Å²) in [5.74, 6) is -0.0445. The molecule has 0 aliphatic heterocycles. The summed E-state index contributed by atoms with van der Waals surface area (Å²) in [7, 11) is 0. The second-order valence-corrected chi connectivity index (χ2v) is 5.81. The largest absolute Gasteiger partial charge is 0.416 e. The Morgan fingerprint density at radius 2 is 1.91 bits per heavy atom. The molecule has 0 aliphatic rings. The predicted molar refractivity (Wildman–Crippen MR) is 82.8 cm³/mol. The molecular formula is C16H23F3N2O2. The minimum atomic E-state index is -4.50. The van der Waals surface area contributed by atoms with Crippen molar-refractivity contribution in [2.45, 2.75) is 46.0 Å². The Balaban J connectivity index is 2.77.